The molecule has 2 heteroatoms. The summed E-state index contributed by atoms with van der Waals surface area (Å²) in [5, 5.41) is 0. The van der Waals surface area contributed by atoms with Gasteiger partial charge in [-0.15, -0.1) is 23.2 Å². The van der Waals surface area contributed by atoms with Gasteiger partial charge in [-0.25, -0.2) is 0 Å². The molecule has 0 N–H and O–H groups in total. The third-order valence-electron chi connectivity index (χ3n) is 8.07. The molecule has 0 aromatic carbocycles. The molecule has 0 radical (unpaired) electrons. The van der Waals surface area contributed by atoms with Crippen molar-refractivity contribution in [1.29, 1.82) is 0 Å². The van der Waals surface area contributed by atoms with E-state index in [9.17, 15) is 0 Å². The third-order valence-corrected chi connectivity index (χ3v) is 9.67. The second-order valence-corrected chi connectivity index (χ2v) is 10.8. The normalized spacial score (nSPS) is 41.5. The maximum Gasteiger partial charge on any atom is 0.129 e. The van der Waals surface area contributed by atoms with E-state index >= 15 is 0 Å². The largest absolute Gasteiger partial charge is 0.129 e. The van der Waals surface area contributed by atoms with E-state index in [-0.39, 0.29) is 10.8 Å². The van der Waals surface area contributed by atoms with Gasteiger partial charge in [-0.1, -0.05) is 52.4 Å². The smallest absolute Gasteiger partial charge is 0.100 e. The highest BCUT2D eigenvalue weighted by Gasteiger charge is 2.72. The van der Waals surface area contributed by atoms with E-state index in [0.717, 1.165) is 11.8 Å². The standard InChI is InChI=1S/C22H38Cl2/c1-3-5-7-18-9-13-20(14-10-18)17-21(22(20,23)24)15-11-19(12-16-21)8-6-4-2/h18-19H,3-17H2,1-2H3/t18?,19?,20-,21-. The van der Waals surface area contributed by atoms with Gasteiger partial charge in [0.1, 0.15) is 4.33 Å². The van der Waals surface area contributed by atoms with Crippen LogP contribution in [-0.4, -0.2) is 4.33 Å². The molecule has 3 saturated carbocycles. The van der Waals surface area contributed by atoms with Gasteiger partial charge in [0.2, 0.25) is 0 Å². The van der Waals surface area contributed by atoms with Crippen molar-refractivity contribution in [2.75, 3.05) is 0 Å². The molecular formula is C22H38Cl2. The summed E-state index contributed by atoms with van der Waals surface area (Å²) in [7, 11) is 0. The van der Waals surface area contributed by atoms with Crippen molar-refractivity contribution in [2.24, 2.45) is 22.7 Å². The summed E-state index contributed by atoms with van der Waals surface area (Å²) in [6.45, 7) is 4.61. The Kier molecular flexibility index (Phi) is 6.19. The second-order valence-electron chi connectivity index (χ2n) is 9.48. The Morgan fingerprint density at radius 3 is 1.38 bits per heavy atom. The van der Waals surface area contributed by atoms with Gasteiger partial charge in [0.15, 0.2) is 0 Å². The number of rotatable bonds is 6. The minimum absolute atomic E-state index is 0.259. The first-order valence-corrected chi connectivity index (χ1v) is 11.6. The van der Waals surface area contributed by atoms with Gasteiger partial charge in [-0.2, -0.15) is 0 Å². The molecule has 0 nitrogen and oxygen atoms in total. The molecule has 24 heavy (non-hydrogen) atoms. The molecule has 0 aromatic heterocycles. The summed E-state index contributed by atoms with van der Waals surface area (Å²) in [6.07, 6.45) is 20.3. The first-order chi connectivity index (χ1) is 11.5. The number of unbranched alkanes of at least 4 members (excludes halogenated alkanes) is 2. The quantitative estimate of drug-likeness (QED) is 0.411. The number of hydrogen-bond donors (Lipinski definition) is 0. The summed E-state index contributed by atoms with van der Waals surface area (Å²) >= 11 is 14.3. The van der Waals surface area contributed by atoms with Gasteiger partial charge in [0.25, 0.3) is 0 Å². The molecule has 3 aliphatic rings. The molecule has 0 unspecified atom stereocenters. The molecule has 0 atom stereocenters. The van der Waals surface area contributed by atoms with Crippen LogP contribution < -0.4 is 0 Å². The monoisotopic (exact) mass is 372 g/mol. The molecule has 0 aromatic rings. The SMILES string of the molecule is CCCCC1CC[C@]2(CC1)C[C@@]1(CCC(CCCC)CC1)C2(Cl)Cl. The Morgan fingerprint density at radius 2 is 1.08 bits per heavy atom. The van der Waals surface area contributed by atoms with E-state index in [4.69, 9.17) is 23.2 Å². The predicted octanol–water partition coefficient (Wildman–Crippen LogP) is 8.30. The predicted molar refractivity (Wildman–Crippen MR) is 107 cm³/mol. The zero-order chi connectivity index (χ0) is 17.3. The van der Waals surface area contributed by atoms with E-state index in [0.29, 0.717) is 0 Å². The van der Waals surface area contributed by atoms with Crippen LogP contribution in [0, 0.1) is 22.7 Å². The first kappa shape index (κ1) is 19.3. The van der Waals surface area contributed by atoms with Gasteiger partial charge in [0, 0.05) is 10.8 Å². The molecule has 0 bridgehead atoms. The van der Waals surface area contributed by atoms with Crippen LogP contribution in [0.15, 0.2) is 0 Å². The molecule has 0 saturated heterocycles. The van der Waals surface area contributed by atoms with Crippen LogP contribution >= 0.6 is 23.2 Å². The van der Waals surface area contributed by atoms with E-state index in [1.807, 2.05) is 0 Å². The summed E-state index contributed by atoms with van der Waals surface area (Å²) in [5.74, 6) is 1.89. The zero-order valence-corrected chi connectivity index (χ0v) is 17.5. The summed E-state index contributed by atoms with van der Waals surface area (Å²) in [4.78, 5) is 0. The highest BCUT2D eigenvalue weighted by molar-refractivity contribution is 6.50. The van der Waals surface area contributed by atoms with Crippen molar-refractivity contribution < 1.29 is 0 Å². The van der Waals surface area contributed by atoms with Gasteiger partial charge < -0.3 is 0 Å². The summed E-state index contributed by atoms with van der Waals surface area (Å²) < 4.78 is -0.439. The Morgan fingerprint density at radius 1 is 0.708 bits per heavy atom. The number of halogens is 2. The highest BCUT2D eigenvalue weighted by Crippen LogP contribution is 2.76. The molecule has 3 fully saturated rings. The summed E-state index contributed by atoms with van der Waals surface area (Å²) in [6, 6.07) is 0. The van der Waals surface area contributed by atoms with Crippen LogP contribution in [0.25, 0.3) is 0 Å². The average molecular weight is 373 g/mol. The second kappa shape index (κ2) is 7.67. The number of hydrogen-bond acceptors (Lipinski definition) is 0. The van der Waals surface area contributed by atoms with Gasteiger partial charge in [0.05, 0.1) is 0 Å². The van der Waals surface area contributed by atoms with Crippen LogP contribution in [0.3, 0.4) is 0 Å². The van der Waals surface area contributed by atoms with Crippen molar-refractivity contribution in [3.05, 3.63) is 0 Å². The lowest BCUT2D eigenvalue weighted by Crippen LogP contribution is -2.66. The van der Waals surface area contributed by atoms with Crippen LogP contribution in [0.4, 0.5) is 0 Å². The fraction of sp³-hybridized carbons (Fsp3) is 1.00. The third kappa shape index (κ3) is 3.28. The summed E-state index contributed by atoms with van der Waals surface area (Å²) in [5.41, 5.74) is 0.518. The van der Waals surface area contributed by atoms with E-state index in [1.165, 1.54) is 96.3 Å². The van der Waals surface area contributed by atoms with Crippen LogP contribution in [0.2, 0.25) is 0 Å². The highest BCUT2D eigenvalue weighted by atomic mass is 35.5. The lowest BCUT2D eigenvalue weighted by atomic mass is 9.43. The molecular weight excluding hydrogens is 335 g/mol. The lowest BCUT2D eigenvalue weighted by Gasteiger charge is -2.69. The molecule has 140 valence electrons. The lowest BCUT2D eigenvalue weighted by molar-refractivity contribution is -0.115. The minimum atomic E-state index is -0.439. The van der Waals surface area contributed by atoms with Crippen LogP contribution in [0.1, 0.15) is 110 Å². The molecule has 0 aliphatic heterocycles. The minimum Gasteiger partial charge on any atom is -0.100 e. The van der Waals surface area contributed by atoms with E-state index < -0.39 is 4.33 Å². The maximum atomic E-state index is 7.15. The molecule has 3 aliphatic carbocycles. The fourth-order valence-corrected chi connectivity index (χ4v) is 7.35. The fourth-order valence-electron chi connectivity index (χ4n) is 6.33. The molecule has 3 rings (SSSR count). The maximum absolute atomic E-state index is 7.15. The number of alkyl halides is 2. The Labute approximate surface area is 160 Å². The van der Waals surface area contributed by atoms with Crippen molar-refractivity contribution in [1.82, 2.24) is 0 Å². The van der Waals surface area contributed by atoms with E-state index in [1.54, 1.807) is 0 Å². The zero-order valence-electron chi connectivity index (χ0n) is 16.0. The Hall–Kier alpha value is 0.580. The van der Waals surface area contributed by atoms with Crippen molar-refractivity contribution in [3.63, 3.8) is 0 Å². The van der Waals surface area contributed by atoms with Crippen molar-refractivity contribution in [2.45, 2.75) is 114 Å². The van der Waals surface area contributed by atoms with Gasteiger partial charge >= 0.3 is 0 Å². The van der Waals surface area contributed by atoms with E-state index in [2.05, 4.69) is 13.8 Å². The first-order valence-electron chi connectivity index (χ1n) is 10.9. The topological polar surface area (TPSA) is 0 Å². The Bertz CT molecular complexity index is 362. The van der Waals surface area contributed by atoms with Gasteiger partial charge in [-0.05, 0) is 69.6 Å². The van der Waals surface area contributed by atoms with Crippen LogP contribution in [-0.2, 0) is 0 Å². The average Bonchev–Trinajstić information content (AvgIpc) is 2.60. The van der Waals surface area contributed by atoms with Crippen molar-refractivity contribution >= 4 is 23.2 Å². The molecule has 0 heterocycles. The van der Waals surface area contributed by atoms with Gasteiger partial charge in [-0.3, -0.25) is 0 Å². The Balaban J connectivity index is 1.54. The molecule has 0 amide bonds. The molecule has 2 spiro atoms. The van der Waals surface area contributed by atoms with Crippen molar-refractivity contribution in [3.8, 4) is 0 Å². The van der Waals surface area contributed by atoms with Crippen LogP contribution in [0.5, 0.6) is 0 Å².